The van der Waals surface area contributed by atoms with E-state index in [1.54, 1.807) is 6.07 Å². The van der Waals surface area contributed by atoms with Gasteiger partial charge in [-0.15, -0.1) is 0 Å². The van der Waals surface area contributed by atoms with Crippen molar-refractivity contribution in [3.05, 3.63) is 58.5 Å². The lowest BCUT2D eigenvalue weighted by molar-refractivity contribution is 0.587. The highest BCUT2D eigenvalue weighted by molar-refractivity contribution is 7.90. The number of nitrogens with two attached hydrogens (primary N) is 1. The first-order valence-corrected chi connectivity index (χ1v) is 7.64. The Kier molecular flexibility index (Phi) is 3.00. The smallest absolute Gasteiger partial charge is 0.340 e. The van der Waals surface area contributed by atoms with Crippen molar-refractivity contribution >= 4 is 26.7 Å². The summed E-state index contributed by atoms with van der Waals surface area (Å²) < 4.78 is 26.1. The standard InChI is InChI=1S/C14H10N4O3S/c15-8-9-3-1-2-4-13(9)22(20,21)18-12-6-5-10(16)7-11(12)17-14(18)19/h1-7H,16H2,(H,17,19). The van der Waals surface area contributed by atoms with Crippen LogP contribution in [0.25, 0.3) is 11.0 Å². The quantitative estimate of drug-likeness (QED) is 0.684. The fourth-order valence-corrected chi connectivity index (χ4v) is 3.75. The number of imidazole rings is 1. The van der Waals surface area contributed by atoms with Crippen LogP contribution < -0.4 is 11.4 Å². The minimum atomic E-state index is -4.20. The van der Waals surface area contributed by atoms with Crippen LogP contribution >= 0.6 is 0 Å². The van der Waals surface area contributed by atoms with Crippen LogP contribution in [-0.2, 0) is 10.0 Å². The Bertz CT molecular complexity index is 1090. The molecule has 3 aromatic rings. The number of aromatic amines is 1. The maximum atomic E-state index is 12.8. The minimum absolute atomic E-state index is 0.0285. The molecular weight excluding hydrogens is 304 g/mol. The van der Waals surface area contributed by atoms with E-state index in [4.69, 9.17) is 11.0 Å². The number of rotatable bonds is 2. The van der Waals surface area contributed by atoms with Gasteiger partial charge >= 0.3 is 5.69 Å². The predicted molar refractivity (Wildman–Crippen MR) is 80.7 cm³/mol. The molecule has 7 nitrogen and oxygen atoms in total. The lowest BCUT2D eigenvalue weighted by atomic mass is 10.2. The lowest BCUT2D eigenvalue weighted by Crippen LogP contribution is -2.25. The molecule has 0 aliphatic carbocycles. The average molecular weight is 314 g/mol. The van der Waals surface area contributed by atoms with Crippen molar-refractivity contribution in [2.45, 2.75) is 4.90 Å². The molecule has 0 aliphatic rings. The second kappa shape index (κ2) is 4.75. The zero-order valence-electron chi connectivity index (χ0n) is 11.1. The molecule has 1 heterocycles. The zero-order chi connectivity index (χ0) is 15.9. The highest BCUT2D eigenvalue weighted by Gasteiger charge is 2.25. The third kappa shape index (κ3) is 1.96. The molecule has 0 aliphatic heterocycles. The summed E-state index contributed by atoms with van der Waals surface area (Å²) in [5.74, 6) is 0. The van der Waals surface area contributed by atoms with E-state index in [2.05, 4.69) is 4.98 Å². The molecule has 0 unspecified atom stereocenters. The first-order chi connectivity index (χ1) is 10.4. The SMILES string of the molecule is N#Cc1ccccc1S(=O)(=O)n1c(=O)[nH]c2cc(N)ccc21. The van der Waals surface area contributed by atoms with Gasteiger partial charge in [0.1, 0.15) is 11.0 Å². The molecule has 0 saturated heterocycles. The topological polar surface area (TPSA) is 122 Å². The third-order valence-corrected chi connectivity index (χ3v) is 4.95. The van der Waals surface area contributed by atoms with E-state index in [0.29, 0.717) is 15.2 Å². The van der Waals surface area contributed by atoms with Crippen LogP contribution in [-0.4, -0.2) is 17.4 Å². The van der Waals surface area contributed by atoms with E-state index in [1.165, 1.54) is 36.4 Å². The lowest BCUT2D eigenvalue weighted by Gasteiger charge is -2.07. The number of nitrogens with zero attached hydrogens (tertiary/aromatic N) is 2. The molecule has 110 valence electrons. The maximum Gasteiger partial charge on any atom is 0.340 e. The molecule has 0 spiro atoms. The van der Waals surface area contributed by atoms with Gasteiger partial charge in [-0.05, 0) is 30.3 Å². The Morgan fingerprint density at radius 1 is 1.18 bits per heavy atom. The maximum absolute atomic E-state index is 12.8. The van der Waals surface area contributed by atoms with Crippen LogP contribution in [0.3, 0.4) is 0 Å². The van der Waals surface area contributed by atoms with Crippen LogP contribution in [0, 0.1) is 11.3 Å². The van der Waals surface area contributed by atoms with Gasteiger partial charge in [0.25, 0.3) is 10.0 Å². The Hall–Kier alpha value is -3.05. The number of fused-ring (bicyclic) bond motifs is 1. The summed E-state index contributed by atoms with van der Waals surface area (Å²) in [6.45, 7) is 0. The summed E-state index contributed by atoms with van der Waals surface area (Å²) in [7, 11) is -4.20. The summed E-state index contributed by atoms with van der Waals surface area (Å²) in [5.41, 5.74) is 5.67. The van der Waals surface area contributed by atoms with Crippen LogP contribution in [0.5, 0.6) is 0 Å². The number of hydrogen-bond acceptors (Lipinski definition) is 5. The van der Waals surface area contributed by atoms with E-state index < -0.39 is 15.7 Å². The van der Waals surface area contributed by atoms with Gasteiger partial charge in [-0.2, -0.15) is 9.23 Å². The van der Waals surface area contributed by atoms with Gasteiger partial charge in [0.05, 0.1) is 16.6 Å². The number of nitrogen functional groups attached to an aromatic ring is 1. The minimum Gasteiger partial charge on any atom is -0.399 e. The summed E-state index contributed by atoms with van der Waals surface area (Å²) in [6, 6.07) is 11.9. The van der Waals surface area contributed by atoms with Gasteiger partial charge in [0, 0.05) is 5.69 Å². The van der Waals surface area contributed by atoms with Crippen LogP contribution in [0.15, 0.2) is 52.2 Å². The monoisotopic (exact) mass is 314 g/mol. The van der Waals surface area contributed by atoms with Crippen LogP contribution in [0.1, 0.15) is 5.56 Å². The summed E-state index contributed by atoms with van der Waals surface area (Å²) in [6.07, 6.45) is 0. The van der Waals surface area contributed by atoms with Crippen molar-refractivity contribution in [1.82, 2.24) is 8.96 Å². The number of hydrogen-bond donors (Lipinski definition) is 2. The van der Waals surface area contributed by atoms with Crippen molar-refractivity contribution in [2.75, 3.05) is 5.73 Å². The molecule has 2 aromatic carbocycles. The van der Waals surface area contributed by atoms with Crippen LogP contribution in [0.2, 0.25) is 0 Å². The number of anilines is 1. The Morgan fingerprint density at radius 2 is 1.91 bits per heavy atom. The summed E-state index contributed by atoms with van der Waals surface area (Å²) in [5, 5.41) is 9.07. The summed E-state index contributed by atoms with van der Waals surface area (Å²) in [4.78, 5) is 14.3. The molecule has 0 saturated carbocycles. The molecule has 0 amide bonds. The van der Waals surface area contributed by atoms with Crippen molar-refractivity contribution < 1.29 is 8.42 Å². The third-order valence-electron chi connectivity index (χ3n) is 3.19. The Labute approximate surface area is 125 Å². The molecule has 0 atom stereocenters. The molecule has 8 heteroatoms. The average Bonchev–Trinajstić information content (AvgIpc) is 2.82. The Morgan fingerprint density at radius 3 is 2.64 bits per heavy atom. The first kappa shape index (κ1) is 13.9. The van der Waals surface area contributed by atoms with Crippen molar-refractivity contribution in [3.63, 3.8) is 0 Å². The molecule has 0 bridgehead atoms. The number of nitriles is 1. The van der Waals surface area contributed by atoms with Crippen LogP contribution in [0.4, 0.5) is 5.69 Å². The fraction of sp³-hybridized carbons (Fsp3) is 0. The van der Waals surface area contributed by atoms with E-state index in [1.807, 2.05) is 6.07 Å². The number of aromatic nitrogens is 2. The number of H-pyrrole nitrogens is 1. The zero-order valence-corrected chi connectivity index (χ0v) is 12.0. The fourth-order valence-electron chi connectivity index (χ4n) is 2.23. The first-order valence-electron chi connectivity index (χ1n) is 6.20. The molecule has 3 N–H and O–H groups in total. The normalized spacial score (nSPS) is 11.4. The molecule has 0 radical (unpaired) electrons. The Balaban J connectivity index is 2.38. The molecule has 22 heavy (non-hydrogen) atoms. The molecule has 3 rings (SSSR count). The second-order valence-corrected chi connectivity index (χ2v) is 6.34. The highest BCUT2D eigenvalue weighted by Crippen LogP contribution is 2.21. The molecule has 0 fully saturated rings. The van der Waals surface area contributed by atoms with Gasteiger partial charge in [0.15, 0.2) is 0 Å². The van der Waals surface area contributed by atoms with E-state index >= 15 is 0 Å². The second-order valence-electron chi connectivity index (χ2n) is 4.58. The number of benzene rings is 2. The predicted octanol–water partition coefficient (Wildman–Crippen LogP) is 1.02. The van der Waals surface area contributed by atoms with E-state index in [-0.39, 0.29) is 16.0 Å². The van der Waals surface area contributed by atoms with Crippen molar-refractivity contribution in [1.29, 1.82) is 5.26 Å². The van der Waals surface area contributed by atoms with Gasteiger partial charge in [-0.25, -0.2) is 13.2 Å². The molecule has 1 aromatic heterocycles. The molecular formula is C14H10N4O3S. The highest BCUT2D eigenvalue weighted by atomic mass is 32.2. The van der Waals surface area contributed by atoms with Gasteiger partial charge in [0.2, 0.25) is 0 Å². The van der Waals surface area contributed by atoms with Crippen molar-refractivity contribution in [3.8, 4) is 6.07 Å². The van der Waals surface area contributed by atoms with Gasteiger partial charge < -0.3 is 10.7 Å². The van der Waals surface area contributed by atoms with E-state index in [0.717, 1.165) is 0 Å². The number of nitrogens with one attached hydrogen (secondary N) is 1. The van der Waals surface area contributed by atoms with Crippen molar-refractivity contribution in [2.24, 2.45) is 0 Å². The van der Waals surface area contributed by atoms with Gasteiger partial charge in [-0.3, -0.25) is 0 Å². The van der Waals surface area contributed by atoms with E-state index in [9.17, 15) is 13.2 Å². The van der Waals surface area contributed by atoms with Gasteiger partial charge in [-0.1, -0.05) is 12.1 Å². The summed E-state index contributed by atoms with van der Waals surface area (Å²) >= 11 is 0. The largest absolute Gasteiger partial charge is 0.399 e.